The van der Waals surface area contributed by atoms with Crippen LogP contribution in [0.2, 0.25) is 0 Å². The Morgan fingerprint density at radius 1 is 1.24 bits per heavy atom. The Hall–Kier alpha value is -1.81. The van der Waals surface area contributed by atoms with Gasteiger partial charge in [0, 0.05) is 6.54 Å². The Labute approximate surface area is 127 Å². The molecule has 1 N–H and O–H groups in total. The number of rotatable bonds is 6. The first-order chi connectivity index (χ1) is 10.1. The number of aryl methyl sites for hydroxylation is 3. The van der Waals surface area contributed by atoms with Gasteiger partial charge in [0.2, 0.25) is 0 Å². The van der Waals surface area contributed by atoms with Crippen LogP contribution in [0.1, 0.15) is 42.3 Å². The van der Waals surface area contributed by atoms with Gasteiger partial charge in [-0.2, -0.15) is 5.10 Å². The van der Waals surface area contributed by atoms with Gasteiger partial charge < -0.3 is 10.1 Å². The molecular formula is C17H25N3O. The Bertz CT molecular complexity index is 562. The number of benzene rings is 1. The topological polar surface area (TPSA) is 39.1 Å². The number of methoxy groups -OCH3 is 1. The molecule has 0 saturated carbocycles. The van der Waals surface area contributed by atoms with E-state index in [4.69, 9.17) is 4.74 Å². The molecule has 2 aromatic rings. The molecule has 0 aliphatic rings. The minimum absolute atomic E-state index is 0.0913. The summed E-state index contributed by atoms with van der Waals surface area (Å²) in [5, 5.41) is 8.04. The molecule has 0 aliphatic heterocycles. The Balaban J connectivity index is 2.61. The smallest absolute Gasteiger partial charge is 0.161 e. The molecule has 4 nitrogen and oxygen atoms in total. The number of hydrogen-bond donors (Lipinski definition) is 1. The van der Waals surface area contributed by atoms with Gasteiger partial charge >= 0.3 is 0 Å². The van der Waals surface area contributed by atoms with Crippen LogP contribution in [0.25, 0.3) is 0 Å². The molecule has 0 aliphatic carbocycles. The first-order valence-corrected chi connectivity index (χ1v) is 7.53. The van der Waals surface area contributed by atoms with Crippen LogP contribution in [-0.4, -0.2) is 23.4 Å². The lowest BCUT2D eigenvalue weighted by Gasteiger charge is -2.24. The van der Waals surface area contributed by atoms with Crippen molar-refractivity contribution in [1.29, 1.82) is 0 Å². The van der Waals surface area contributed by atoms with E-state index in [0.717, 1.165) is 24.5 Å². The second kappa shape index (κ2) is 6.76. The molecule has 0 bridgehead atoms. The molecule has 1 aromatic carbocycles. The molecule has 0 amide bonds. The number of nitrogens with one attached hydrogen (secondary N) is 1. The summed E-state index contributed by atoms with van der Waals surface area (Å²) < 4.78 is 7.54. The number of ether oxygens (including phenoxy) is 1. The van der Waals surface area contributed by atoms with Crippen molar-refractivity contribution in [3.63, 3.8) is 0 Å². The summed E-state index contributed by atoms with van der Waals surface area (Å²) in [6, 6.07) is 6.51. The second-order valence-corrected chi connectivity index (χ2v) is 5.21. The third-order valence-corrected chi connectivity index (χ3v) is 3.88. The molecule has 4 heteroatoms. The lowest BCUT2D eigenvalue weighted by atomic mass is 9.93. The molecule has 0 spiro atoms. The molecule has 2 rings (SSSR count). The quantitative estimate of drug-likeness (QED) is 0.886. The molecular weight excluding hydrogens is 262 g/mol. The van der Waals surface area contributed by atoms with Crippen molar-refractivity contribution in [2.45, 2.75) is 40.3 Å². The van der Waals surface area contributed by atoms with Crippen molar-refractivity contribution in [1.82, 2.24) is 15.1 Å². The van der Waals surface area contributed by atoms with Crippen LogP contribution in [0.15, 0.2) is 24.4 Å². The Kier molecular flexibility index (Phi) is 5.02. The van der Waals surface area contributed by atoms with E-state index >= 15 is 0 Å². The first kappa shape index (κ1) is 15.6. The number of hydrogen-bond acceptors (Lipinski definition) is 3. The van der Waals surface area contributed by atoms with E-state index in [1.54, 1.807) is 13.3 Å². The third-order valence-electron chi connectivity index (χ3n) is 3.88. The van der Waals surface area contributed by atoms with Crippen LogP contribution in [0.3, 0.4) is 0 Å². The molecule has 1 atom stereocenters. The summed E-state index contributed by atoms with van der Waals surface area (Å²) in [6.07, 6.45) is 1.80. The highest BCUT2D eigenvalue weighted by atomic mass is 16.5. The van der Waals surface area contributed by atoms with Gasteiger partial charge in [-0.3, -0.25) is 4.68 Å². The highest BCUT2D eigenvalue weighted by Crippen LogP contribution is 2.33. The molecule has 0 fully saturated rings. The lowest BCUT2D eigenvalue weighted by Crippen LogP contribution is -2.26. The molecule has 1 heterocycles. The summed E-state index contributed by atoms with van der Waals surface area (Å²) in [7, 11) is 1.70. The highest BCUT2D eigenvalue weighted by molar-refractivity contribution is 5.44. The van der Waals surface area contributed by atoms with E-state index < -0.39 is 0 Å². The fourth-order valence-electron chi connectivity index (χ4n) is 2.90. The van der Waals surface area contributed by atoms with Gasteiger partial charge in [0.05, 0.1) is 19.3 Å². The van der Waals surface area contributed by atoms with Crippen molar-refractivity contribution in [3.05, 3.63) is 46.8 Å². The normalized spacial score (nSPS) is 12.4. The summed E-state index contributed by atoms with van der Waals surface area (Å²) in [5.74, 6) is 0.838. The van der Waals surface area contributed by atoms with Crippen LogP contribution >= 0.6 is 0 Å². The molecule has 21 heavy (non-hydrogen) atoms. The average molecular weight is 287 g/mol. The zero-order valence-corrected chi connectivity index (χ0v) is 13.6. The SMILES string of the molecule is CCNC(c1c(C)cccc1C)c1c(OC)cnn1CC. The van der Waals surface area contributed by atoms with E-state index in [0.29, 0.717) is 0 Å². The van der Waals surface area contributed by atoms with Gasteiger partial charge in [-0.1, -0.05) is 25.1 Å². The zero-order chi connectivity index (χ0) is 15.4. The molecule has 114 valence electrons. The molecule has 1 unspecified atom stereocenters. The monoisotopic (exact) mass is 287 g/mol. The van der Waals surface area contributed by atoms with Crippen LogP contribution in [0, 0.1) is 13.8 Å². The fourth-order valence-corrected chi connectivity index (χ4v) is 2.90. The van der Waals surface area contributed by atoms with Crippen molar-refractivity contribution in [3.8, 4) is 5.75 Å². The maximum Gasteiger partial charge on any atom is 0.161 e. The van der Waals surface area contributed by atoms with Gasteiger partial charge in [0.15, 0.2) is 5.75 Å². The van der Waals surface area contributed by atoms with E-state index in [9.17, 15) is 0 Å². The van der Waals surface area contributed by atoms with Crippen molar-refractivity contribution in [2.24, 2.45) is 0 Å². The van der Waals surface area contributed by atoms with E-state index in [2.05, 4.69) is 56.3 Å². The second-order valence-electron chi connectivity index (χ2n) is 5.21. The summed E-state index contributed by atoms with van der Waals surface area (Å²) in [6.45, 7) is 10.3. The predicted octanol–water partition coefficient (Wildman–Crippen LogP) is 3.23. The van der Waals surface area contributed by atoms with Gasteiger partial charge in [0.1, 0.15) is 5.69 Å². The van der Waals surface area contributed by atoms with Crippen molar-refractivity contribution in [2.75, 3.05) is 13.7 Å². The predicted molar refractivity (Wildman–Crippen MR) is 85.9 cm³/mol. The van der Waals surface area contributed by atoms with Crippen LogP contribution < -0.4 is 10.1 Å². The highest BCUT2D eigenvalue weighted by Gasteiger charge is 2.25. The largest absolute Gasteiger partial charge is 0.493 e. The first-order valence-electron chi connectivity index (χ1n) is 7.53. The van der Waals surface area contributed by atoms with Gasteiger partial charge in [-0.25, -0.2) is 0 Å². The van der Waals surface area contributed by atoms with Crippen LogP contribution in [-0.2, 0) is 6.54 Å². The molecule has 0 radical (unpaired) electrons. The third kappa shape index (κ3) is 2.95. The Morgan fingerprint density at radius 3 is 2.43 bits per heavy atom. The zero-order valence-electron chi connectivity index (χ0n) is 13.6. The maximum absolute atomic E-state index is 5.53. The summed E-state index contributed by atoms with van der Waals surface area (Å²) in [4.78, 5) is 0. The number of aromatic nitrogens is 2. The lowest BCUT2D eigenvalue weighted by molar-refractivity contribution is 0.399. The van der Waals surface area contributed by atoms with Crippen LogP contribution in [0.4, 0.5) is 0 Å². The van der Waals surface area contributed by atoms with Crippen molar-refractivity contribution >= 4 is 0 Å². The maximum atomic E-state index is 5.53. The summed E-state index contributed by atoms with van der Waals surface area (Å²) in [5.41, 5.74) is 4.98. The summed E-state index contributed by atoms with van der Waals surface area (Å²) >= 11 is 0. The van der Waals surface area contributed by atoms with E-state index in [1.165, 1.54) is 16.7 Å². The van der Waals surface area contributed by atoms with Crippen LogP contribution in [0.5, 0.6) is 5.75 Å². The standard InChI is InChI=1S/C17H25N3O/c1-6-18-16(15-12(3)9-8-10-13(15)4)17-14(21-5)11-19-20(17)7-2/h8-11,16,18H,6-7H2,1-5H3. The molecule has 1 aromatic heterocycles. The number of nitrogens with zero attached hydrogens (tertiary/aromatic N) is 2. The fraction of sp³-hybridized carbons (Fsp3) is 0.471. The minimum Gasteiger partial charge on any atom is -0.493 e. The van der Waals surface area contributed by atoms with Gasteiger partial charge in [-0.15, -0.1) is 0 Å². The Morgan fingerprint density at radius 2 is 1.90 bits per heavy atom. The van der Waals surface area contributed by atoms with Gasteiger partial charge in [0.25, 0.3) is 0 Å². The van der Waals surface area contributed by atoms with E-state index in [-0.39, 0.29) is 6.04 Å². The van der Waals surface area contributed by atoms with Crippen molar-refractivity contribution < 1.29 is 4.74 Å². The van der Waals surface area contributed by atoms with Gasteiger partial charge in [-0.05, 0) is 44.0 Å². The average Bonchev–Trinajstić information content (AvgIpc) is 2.88. The minimum atomic E-state index is 0.0913. The molecule has 0 saturated heterocycles. The van der Waals surface area contributed by atoms with E-state index in [1.807, 2.05) is 4.68 Å².